The minimum Gasteiger partial charge on any atom is -0.384 e. The van der Waals surface area contributed by atoms with Gasteiger partial charge in [0.05, 0.1) is 11.1 Å². The van der Waals surface area contributed by atoms with Crippen molar-refractivity contribution in [3.05, 3.63) is 41.6 Å². The summed E-state index contributed by atoms with van der Waals surface area (Å²) < 4.78 is 28.5. The molecule has 114 valence electrons. The molecule has 0 bridgehead atoms. The summed E-state index contributed by atoms with van der Waals surface area (Å²) in [6.07, 6.45) is 3.53. The summed E-state index contributed by atoms with van der Waals surface area (Å²) >= 11 is 0. The molecule has 0 aliphatic rings. The van der Waals surface area contributed by atoms with E-state index in [1.54, 1.807) is 25.4 Å². The summed E-state index contributed by atoms with van der Waals surface area (Å²) in [6, 6.07) is 6.94. The maximum absolute atomic E-state index is 12.2. The van der Waals surface area contributed by atoms with Crippen molar-refractivity contribution in [3.8, 4) is 0 Å². The van der Waals surface area contributed by atoms with Gasteiger partial charge in [0.25, 0.3) is 0 Å². The van der Waals surface area contributed by atoms with Gasteiger partial charge in [-0.3, -0.25) is 4.68 Å². The van der Waals surface area contributed by atoms with E-state index in [-0.39, 0.29) is 11.4 Å². The van der Waals surface area contributed by atoms with Crippen LogP contribution in [0.5, 0.6) is 0 Å². The Balaban J connectivity index is 2.09. The van der Waals surface area contributed by atoms with E-state index >= 15 is 0 Å². The lowest BCUT2D eigenvalue weighted by atomic mass is 10.1. The van der Waals surface area contributed by atoms with Gasteiger partial charge in [0.1, 0.15) is 5.82 Å². The van der Waals surface area contributed by atoms with Crippen LogP contribution in [-0.2, 0) is 30.0 Å². The Hall–Kier alpha value is -1.86. The molecule has 0 unspecified atom stereocenters. The van der Waals surface area contributed by atoms with Crippen LogP contribution in [0.4, 0.5) is 5.82 Å². The number of nitrogens with two attached hydrogens (primary N) is 1. The van der Waals surface area contributed by atoms with Crippen LogP contribution < -0.4 is 10.5 Å². The molecule has 0 fully saturated rings. The van der Waals surface area contributed by atoms with Gasteiger partial charge < -0.3 is 5.73 Å². The molecular formula is C14H20N4O2S. The van der Waals surface area contributed by atoms with Gasteiger partial charge in [-0.2, -0.15) is 5.10 Å². The number of rotatable bonds is 6. The van der Waals surface area contributed by atoms with Crippen molar-refractivity contribution in [3.63, 3.8) is 0 Å². The van der Waals surface area contributed by atoms with Crippen LogP contribution in [0.3, 0.4) is 0 Å². The molecule has 1 heterocycles. The first-order chi connectivity index (χ1) is 9.94. The predicted octanol–water partition coefficient (Wildman–Crippen LogP) is 1.43. The van der Waals surface area contributed by atoms with Crippen molar-refractivity contribution < 1.29 is 8.42 Å². The van der Waals surface area contributed by atoms with Crippen molar-refractivity contribution >= 4 is 15.8 Å². The van der Waals surface area contributed by atoms with Gasteiger partial charge >= 0.3 is 0 Å². The lowest BCUT2D eigenvalue weighted by Crippen LogP contribution is -2.23. The zero-order valence-corrected chi connectivity index (χ0v) is 13.0. The van der Waals surface area contributed by atoms with Crippen LogP contribution in [0, 0.1) is 0 Å². The van der Waals surface area contributed by atoms with Crippen molar-refractivity contribution in [1.29, 1.82) is 0 Å². The van der Waals surface area contributed by atoms with Crippen LogP contribution in [-0.4, -0.2) is 18.2 Å². The number of sulfonamides is 1. The summed E-state index contributed by atoms with van der Waals surface area (Å²) in [5.74, 6) is 0.455. The molecule has 7 heteroatoms. The average molecular weight is 308 g/mol. The zero-order valence-electron chi connectivity index (χ0n) is 12.2. The van der Waals surface area contributed by atoms with E-state index in [0.29, 0.717) is 11.4 Å². The molecule has 3 N–H and O–H groups in total. The van der Waals surface area contributed by atoms with Gasteiger partial charge in [-0.1, -0.05) is 25.5 Å². The molecule has 1 aromatic heterocycles. The van der Waals surface area contributed by atoms with Crippen LogP contribution in [0.15, 0.2) is 35.4 Å². The molecule has 21 heavy (non-hydrogen) atoms. The maximum atomic E-state index is 12.2. The normalized spacial score (nSPS) is 11.7. The van der Waals surface area contributed by atoms with Gasteiger partial charge in [0.15, 0.2) is 0 Å². The van der Waals surface area contributed by atoms with Crippen molar-refractivity contribution in [1.82, 2.24) is 14.5 Å². The standard InChI is InChI=1S/C14H20N4O2S/c1-3-4-11-5-7-13(8-6-11)21(19,20)17-10-12-9-16-18(2)14(12)15/h5-9,17H,3-4,10,15H2,1-2H3. The first-order valence-corrected chi connectivity index (χ1v) is 8.27. The smallest absolute Gasteiger partial charge is 0.240 e. The summed E-state index contributed by atoms with van der Waals surface area (Å²) in [7, 11) is -1.83. The van der Waals surface area contributed by atoms with Crippen LogP contribution in [0.2, 0.25) is 0 Å². The van der Waals surface area contributed by atoms with Crippen LogP contribution in [0.25, 0.3) is 0 Å². The Kier molecular flexibility index (Phi) is 4.64. The minimum atomic E-state index is -3.54. The van der Waals surface area contributed by atoms with Gasteiger partial charge in [-0.05, 0) is 24.1 Å². The molecular weight excluding hydrogens is 288 g/mol. The second kappa shape index (κ2) is 6.28. The van der Waals surface area contributed by atoms with Gasteiger partial charge in [-0.15, -0.1) is 0 Å². The Morgan fingerprint density at radius 3 is 2.48 bits per heavy atom. The summed E-state index contributed by atoms with van der Waals surface area (Å²) in [5, 5.41) is 3.98. The minimum absolute atomic E-state index is 0.124. The molecule has 0 atom stereocenters. The van der Waals surface area contributed by atoms with Crippen molar-refractivity contribution in [2.45, 2.75) is 31.2 Å². The first-order valence-electron chi connectivity index (χ1n) is 6.79. The highest BCUT2D eigenvalue weighted by atomic mass is 32.2. The molecule has 6 nitrogen and oxygen atoms in total. The highest BCUT2D eigenvalue weighted by Crippen LogP contribution is 2.14. The lowest BCUT2D eigenvalue weighted by Gasteiger charge is -2.07. The monoisotopic (exact) mass is 308 g/mol. The first kappa shape index (κ1) is 15.5. The quantitative estimate of drug-likeness (QED) is 0.845. The second-order valence-electron chi connectivity index (χ2n) is 4.90. The summed E-state index contributed by atoms with van der Waals surface area (Å²) in [4.78, 5) is 0.254. The molecule has 0 spiro atoms. The predicted molar refractivity (Wildman–Crippen MR) is 82.1 cm³/mol. The number of hydrogen-bond donors (Lipinski definition) is 2. The number of aryl methyl sites for hydroxylation is 2. The fourth-order valence-corrected chi connectivity index (χ4v) is 3.02. The zero-order chi connectivity index (χ0) is 15.5. The summed E-state index contributed by atoms with van der Waals surface area (Å²) in [6.45, 7) is 2.21. The molecule has 0 amide bonds. The van der Waals surface area contributed by atoms with E-state index in [1.165, 1.54) is 4.68 Å². The fourth-order valence-electron chi connectivity index (χ4n) is 2.01. The van der Waals surface area contributed by atoms with E-state index in [1.807, 2.05) is 12.1 Å². The Labute approximate surface area is 125 Å². The number of nitrogens with one attached hydrogen (secondary N) is 1. The van der Waals surface area contributed by atoms with E-state index in [2.05, 4.69) is 16.7 Å². The third-order valence-electron chi connectivity index (χ3n) is 3.29. The van der Waals surface area contributed by atoms with Crippen molar-refractivity contribution in [2.75, 3.05) is 5.73 Å². The van der Waals surface area contributed by atoms with Gasteiger partial charge in [0.2, 0.25) is 10.0 Å². The van der Waals surface area contributed by atoms with E-state index in [0.717, 1.165) is 18.4 Å². The highest BCUT2D eigenvalue weighted by Gasteiger charge is 2.15. The summed E-state index contributed by atoms with van der Waals surface area (Å²) in [5.41, 5.74) is 7.58. The number of aromatic nitrogens is 2. The number of anilines is 1. The Morgan fingerprint density at radius 2 is 1.95 bits per heavy atom. The van der Waals surface area contributed by atoms with Crippen molar-refractivity contribution in [2.24, 2.45) is 7.05 Å². The lowest BCUT2D eigenvalue weighted by molar-refractivity contribution is 0.581. The largest absolute Gasteiger partial charge is 0.384 e. The molecule has 0 saturated carbocycles. The van der Waals surface area contributed by atoms with E-state index < -0.39 is 10.0 Å². The molecule has 2 aromatic rings. The van der Waals surface area contributed by atoms with Gasteiger partial charge in [-0.25, -0.2) is 13.1 Å². The van der Waals surface area contributed by atoms with E-state index in [4.69, 9.17) is 5.73 Å². The van der Waals surface area contributed by atoms with Crippen LogP contribution >= 0.6 is 0 Å². The molecule has 0 aliphatic carbocycles. The number of benzene rings is 1. The molecule has 0 saturated heterocycles. The molecule has 1 aromatic carbocycles. The number of hydrogen-bond acceptors (Lipinski definition) is 4. The average Bonchev–Trinajstić information content (AvgIpc) is 2.78. The fraction of sp³-hybridized carbons (Fsp3) is 0.357. The topological polar surface area (TPSA) is 90.0 Å². The van der Waals surface area contributed by atoms with Gasteiger partial charge in [0, 0.05) is 19.2 Å². The van der Waals surface area contributed by atoms with Crippen LogP contribution in [0.1, 0.15) is 24.5 Å². The Morgan fingerprint density at radius 1 is 1.29 bits per heavy atom. The third kappa shape index (κ3) is 3.62. The number of nitrogen functional groups attached to an aromatic ring is 1. The Bertz CT molecular complexity index is 705. The third-order valence-corrected chi connectivity index (χ3v) is 4.71. The molecule has 0 aliphatic heterocycles. The van der Waals surface area contributed by atoms with E-state index in [9.17, 15) is 8.42 Å². The molecule has 2 rings (SSSR count). The SMILES string of the molecule is CCCc1ccc(S(=O)(=O)NCc2cnn(C)c2N)cc1. The number of nitrogens with zero attached hydrogens (tertiary/aromatic N) is 2. The maximum Gasteiger partial charge on any atom is 0.240 e. The second-order valence-corrected chi connectivity index (χ2v) is 6.66. The molecule has 0 radical (unpaired) electrons. The highest BCUT2D eigenvalue weighted by molar-refractivity contribution is 7.89.